The molecule has 0 aliphatic rings. The highest BCUT2D eigenvalue weighted by Gasteiger charge is 2.17. The number of ether oxygens (including phenoxy) is 2. The molecule has 8 aromatic rings. The lowest BCUT2D eigenvalue weighted by atomic mass is 10.1. The molecule has 0 atom stereocenters. The zero-order valence-electron chi connectivity index (χ0n) is 28.0. The minimum Gasteiger partial charge on any atom is -0.497 e. The molecule has 4 aromatic carbocycles. The van der Waals surface area contributed by atoms with E-state index in [2.05, 4.69) is 20.2 Å². The maximum Gasteiger partial charge on any atom is 0.230 e. The third kappa shape index (κ3) is 6.55. The van der Waals surface area contributed by atoms with Crippen molar-refractivity contribution < 1.29 is 18.3 Å². The Hall–Kier alpha value is -7.58. The summed E-state index contributed by atoms with van der Waals surface area (Å²) in [4.78, 5) is 8.31. The molecule has 0 fully saturated rings. The van der Waals surface area contributed by atoms with Crippen molar-refractivity contribution in [1.29, 1.82) is 10.5 Å². The number of oxazole rings is 2. The second kappa shape index (κ2) is 14.1. The summed E-state index contributed by atoms with van der Waals surface area (Å²) >= 11 is 0. The first-order chi connectivity index (χ1) is 25.4. The van der Waals surface area contributed by atoms with E-state index in [1.807, 2.05) is 113 Å². The summed E-state index contributed by atoms with van der Waals surface area (Å²) in [6.45, 7) is 1.24. The Balaban J connectivity index is 0.000000162. The van der Waals surface area contributed by atoms with Gasteiger partial charge in [0.1, 0.15) is 23.6 Å². The summed E-state index contributed by atoms with van der Waals surface area (Å²) in [6, 6.07) is 30.9. The standard InChI is InChI=1S/2C19H15N5O2/c1-25-13-7-5-12(6-8-13)11-24-17-4-2-3-14(15(17)10-22-24)19-23-16(9-20)18(21)26-19;1-25-13-7-5-12(6-8-13)10-24-11-15-14(3-2-4-16(15)23-24)19-22-17(9-20)18(21)26-19/h2-8,10H,11,21H2,1H3;2-8,11H,10,21H2,1H3. The van der Waals surface area contributed by atoms with Crippen molar-refractivity contribution in [2.45, 2.75) is 13.1 Å². The second-order valence-electron chi connectivity index (χ2n) is 11.5. The molecule has 0 saturated carbocycles. The summed E-state index contributed by atoms with van der Waals surface area (Å²) in [7, 11) is 3.29. The summed E-state index contributed by atoms with van der Waals surface area (Å²) in [5.41, 5.74) is 17.0. The molecule has 52 heavy (non-hydrogen) atoms. The van der Waals surface area contributed by atoms with E-state index < -0.39 is 0 Å². The molecule has 0 bridgehead atoms. The summed E-state index contributed by atoms with van der Waals surface area (Å²) in [5, 5.41) is 28.9. The van der Waals surface area contributed by atoms with Crippen LogP contribution in [0.25, 0.3) is 44.7 Å². The number of hydrogen-bond donors (Lipinski definition) is 2. The number of fused-ring (bicyclic) bond motifs is 2. The van der Waals surface area contributed by atoms with Gasteiger partial charge in [-0.25, -0.2) is 0 Å². The molecule has 0 spiro atoms. The van der Waals surface area contributed by atoms with Gasteiger partial charge in [-0.05, 0) is 59.7 Å². The SMILES string of the molecule is COc1ccc(Cn2cc3c(-c4nc(C#N)c(N)o4)cccc3n2)cc1.COc1ccc(Cn2ncc3c(-c4nc(C#N)c(N)o4)cccc32)cc1. The fourth-order valence-electron chi connectivity index (χ4n) is 5.65. The molecule has 14 nitrogen and oxygen atoms in total. The molecule has 0 unspecified atom stereocenters. The van der Waals surface area contributed by atoms with E-state index >= 15 is 0 Å². The number of nitrogens with two attached hydrogens (primary N) is 2. The molecule has 4 heterocycles. The molecule has 0 aliphatic carbocycles. The topological polar surface area (TPSA) is 206 Å². The lowest BCUT2D eigenvalue weighted by molar-refractivity contribution is 0.414. The van der Waals surface area contributed by atoms with Crippen molar-refractivity contribution in [3.8, 4) is 46.5 Å². The Labute approximate surface area is 296 Å². The summed E-state index contributed by atoms with van der Waals surface area (Å²) < 4.78 is 25.0. The number of methoxy groups -OCH3 is 2. The van der Waals surface area contributed by atoms with Crippen molar-refractivity contribution >= 4 is 33.6 Å². The van der Waals surface area contributed by atoms with E-state index in [-0.39, 0.29) is 23.2 Å². The first-order valence-corrected chi connectivity index (χ1v) is 15.9. The number of anilines is 2. The van der Waals surface area contributed by atoms with E-state index in [9.17, 15) is 0 Å². The average Bonchev–Trinajstić information content (AvgIpc) is 3.97. The Kier molecular flexibility index (Phi) is 8.94. The van der Waals surface area contributed by atoms with Crippen LogP contribution in [0.4, 0.5) is 11.8 Å². The van der Waals surface area contributed by atoms with Crippen LogP contribution in [0.15, 0.2) is 106 Å². The second-order valence-corrected chi connectivity index (χ2v) is 11.5. The van der Waals surface area contributed by atoms with Crippen LogP contribution in [0.1, 0.15) is 22.5 Å². The van der Waals surface area contributed by atoms with Crippen LogP contribution < -0.4 is 20.9 Å². The van der Waals surface area contributed by atoms with Gasteiger partial charge < -0.3 is 29.8 Å². The van der Waals surface area contributed by atoms with Crippen LogP contribution in [0, 0.1) is 22.7 Å². The molecule has 8 rings (SSSR count). The fourth-order valence-corrected chi connectivity index (χ4v) is 5.65. The maximum atomic E-state index is 9.02. The van der Waals surface area contributed by atoms with Gasteiger partial charge in [0.15, 0.2) is 0 Å². The first-order valence-electron chi connectivity index (χ1n) is 15.9. The van der Waals surface area contributed by atoms with Crippen LogP contribution in [0.2, 0.25) is 0 Å². The number of aromatic nitrogens is 6. The zero-order valence-corrected chi connectivity index (χ0v) is 28.0. The Morgan fingerprint density at radius 3 is 1.77 bits per heavy atom. The Morgan fingerprint density at radius 2 is 1.23 bits per heavy atom. The van der Waals surface area contributed by atoms with Gasteiger partial charge in [-0.3, -0.25) is 9.36 Å². The predicted molar refractivity (Wildman–Crippen MR) is 193 cm³/mol. The van der Waals surface area contributed by atoms with Crippen molar-refractivity contribution in [2.75, 3.05) is 25.7 Å². The molecule has 14 heteroatoms. The van der Waals surface area contributed by atoms with Gasteiger partial charge in [0.25, 0.3) is 0 Å². The first kappa shape index (κ1) is 32.9. The van der Waals surface area contributed by atoms with E-state index in [0.717, 1.165) is 55.6 Å². The van der Waals surface area contributed by atoms with Crippen LogP contribution in [-0.4, -0.2) is 43.7 Å². The zero-order chi connectivity index (χ0) is 36.2. The van der Waals surface area contributed by atoms with Crippen LogP contribution in [0.3, 0.4) is 0 Å². The van der Waals surface area contributed by atoms with E-state index in [0.29, 0.717) is 24.9 Å². The normalized spacial score (nSPS) is 10.8. The van der Waals surface area contributed by atoms with Gasteiger partial charge in [0, 0.05) is 28.1 Å². The molecule has 4 N–H and O–H groups in total. The van der Waals surface area contributed by atoms with Gasteiger partial charge >= 0.3 is 0 Å². The number of nitrogen functional groups attached to an aromatic ring is 2. The van der Waals surface area contributed by atoms with Crippen molar-refractivity contribution in [1.82, 2.24) is 29.5 Å². The third-order valence-electron chi connectivity index (χ3n) is 8.26. The number of rotatable bonds is 8. The van der Waals surface area contributed by atoms with E-state index in [1.54, 1.807) is 20.4 Å². The number of nitrogens with zero attached hydrogens (tertiary/aromatic N) is 8. The molecule has 4 aromatic heterocycles. The maximum absolute atomic E-state index is 9.02. The van der Waals surface area contributed by atoms with Crippen LogP contribution in [0.5, 0.6) is 11.5 Å². The summed E-state index contributed by atoms with van der Waals surface area (Å²) in [5.74, 6) is 2.30. The van der Waals surface area contributed by atoms with Gasteiger partial charge in [0.2, 0.25) is 34.9 Å². The molecule has 0 saturated heterocycles. The smallest absolute Gasteiger partial charge is 0.230 e. The Bertz CT molecular complexity index is 2530. The highest BCUT2D eigenvalue weighted by atomic mass is 16.5. The average molecular weight is 691 g/mol. The van der Waals surface area contributed by atoms with E-state index in [1.165, 1.54) is 0 Å². The molecule has 0 aliphatic heterocycles. The van der Waals surface area contributed by atoms with Crippen molar-refractivity contribution in [3.63, 3.8) is 0 Å². The third-order valence-corrected chi connectivity index (χ3v) is 8.26. The minimum absolute atomic E-state index is 0.0186. The Morgan fingerprint density at radius 1 is 0.692 bits per heavy atom. The van der Waals surface area contributed by atoms with Crippen molar-refractivity contribution in [3.05, 3.63) is 120 Å². The van der Waals surface area contributed by atoms with Gasteiger partial charge in [-0.2, -0.15) is 30.7 Å². The highest BCUT2D eigenvalue weighted by Crippen LogP contribution is 2.32. The van der Waals surface area contributed by atoms with Gasteiger partial charge in [-0.15, -0.1) is 0 Å². The van der Waals surface area contributed by atoms with E-state index in [4.69, 9.17) is 40.3 Å². The molecule has 256 valence electrons. The van der Waals surface area contributed by atoms with Crippen molar-refractivity contribution in [2.24, 2.45) is 0 Å². The summed E-state index contributed by atoms with van der Waals surface area (Å²) in [6.07, 6.45) is 3.70. The van der Waals surface area contributed by atoms with Gasteiger partial charge in [-0.1, -0.05) is 36.4 Å². The lowest BCUT2D eigenvalue weighted by Gasteiger charge is -2.06. The monoisotopic (exact) mass is 690 g/mol. The fraction of sp³-hybridized carbons (Fsp3) is 0.105. The van der Waals surface area contributed by atoms with Crippen LogP contribution in [-0.2, 0) is 13.1 Å². The number of hydrogen-bond acceptors (Lipinski definition) is 12. The predicted octanol–water partition coefficient (Wildman–Crippen LogP) is 6.40. The largest absolute Gasteiger partial charge is 0.497 e. The number of benzene rings is 4. The van der Waals surface area contributed by atoms with Gasteiger partial charge in [0.05, 0.1) is 44.5 Å². The number of nitriles is 2. The molecular formula is C38H30N10O4. The molecular weight excluding hydrogens is 660 g/mol. The molecule has 0 radical (unpaired) electrons. The minimum atomic E-state index is 0.0186. The molecule has 0 amide bonds. The lowest BCUT2D eigenvalue weighted by Crippen LogP contribution is -2.01. The quantitative estimate of drug-likeness (QED) is 0.178. The van der Waals surface area contributed by atoms with Crippen LogP contribution >= 0.6 is 0 Å². The highest BCUT2D eigenvalue weighted by molar-refractivity contribution is 5.93.